The van der Waals surface area contributed by atoms with Crippen molar-refractivity contribution in [1.82, 2.24) is 20.3 Å². The van der Waals surface area contributed by atoms with Gasteiger partial charge in [0.25, 0.3) is 0 Å². The fraction of sp³-hybridized carbons (Fsp3) is 0.381. The highest BCUT2D eigenvalue weighted by Gasteiger charge is 2.36. The van der Waals surface area contributed by atoms with Crippen LogP contribution < -0.4 is 10.6 Å². The second-order valence-electron chi connectivity index (χ2n) is 7.67. The molecule has 1 saturated carbocycles. The van der Waals surface area contributed by atoms with Gasteiger partial charge in [-0.25, -0.2) is 15.0 Å². The molecular formula is C21H22ClN5OS. The summed E-state index contributed by atoms with van der Waals surface area (Å²) in [5.41, 5.74) is 1.61. The molecule has 0 amide bonds. The van der Waals surface area contributed by atoms with Crippen molar-refractivity contribution >= 4 is 28.9 Å². The van der Waals surface area contributed by atoms with Crippen LogP contribution in [-0.4, -0.2) is 39.2 Å². The van der Waals surface area contributed by atoms with Crippen molar-refractivity contribution in [2.24, 2.45) is 0 Å². The summed E-state index contributed by atoms with van der Waals surface area (Å²) >= 11 is 7.76. The van der Waals surface area contributed by atoms with Crippen molar-refractivity contribution in [1.29, 1.82) is 0 Å². The number of thiazole rings is 1. The van der Waals surface area contributed by atoms with Crippen LogP contribution >= 0.6 is 22.9 Å². The van der Waals surface area contributed by atoms with E-state index in [2.05, 4.69) is 15.6 Å². The molecule has 0 radical (unpaired) electrons. The second-order valence-corrected chi connectivity index (χ2v) is 9.11. The molecule has 6 nitrogen and oxygen atoms in total. The normalized spacial score (nSPS) is 18.6. The number of benzene rings is 1. The summed E-state index contributed by atoms with van der Waals surface area (Å²) in [6.07, 6.45) is 5.38. The lowest BCUT2D eigenvalue weighted by molar-refractivity contribution is 0.00582. The van der Waals surface area contributed by atoms with Crippen LogP contribution in [0.4, 0.5) is 5.95 Å². The van der Waals surface area contributed by atoms with E-state index in [1.807, 2.05) is 30.3 Å². The quantitative estimate of drug-likeness (QED) is 0.569. The van der Waals surface area contributed by atoms with E-state index in [0.717, 1.165) is 52.8 Å². The largest absolute Gasteiger partial charge is 0.383 e. The molecule has 1 aliphatic heterocycles. The molecule has 0 spiro atoms. The van der Waals surface area contributed by atoms with Gasteiger partial charge in [0.2, 0.25) is 5.95 Å². The molecule has 1 aliphatic carbocycles. The van der Waals surface area contributed by atoms with Crippen LogP contribution in [0, 0.1) is 0 Å². The lowest BCUT2D eigenvalue weighted by atomic mass is 9.93. The fourth-order valence-electron chi connectivity index (χ4n) is 3.54. The van der Waals surface area contributed by atoms with Crippen molar-refractivity contribution in [3.05, 3.63) is 46.6 Å². The molecule has 2 fully saturated rings. The van der Waals surface area contributed by atoms with Gasteiger partial charge in [-0.1, -0.05) is 23.7 Å². The Morgan fingerprint density at radius 2 is 2.00 bits per heavy atom. The van der Waals surface area contributed by atoms with Crippen LogP contribution in [0.2, 0.25) is 5.02 Å². The van der Waals surface area contributed by atoms with Gasteiger partial charge in [-0.2, -0.15) is 0 Å². The first kappa shape index (κ1) is 18.9. The van der Waals surface area contributed by atoms with E-state index in [1.165, 1.54) is 11.3 Å². The summed E-state index contributed by atoms with van der Waals surface area (Å²) in [5, 5.41) is 19.3. The van der Waals surface area contributed by atoms with E-state index in [9.17, 15) is 5.11 Å². The molecule has 8 heteroatoms. The number of hydrogen-bond acceptors (Lipinski definition) is 7. The van der Waals surface area contributed by atoms with Gasteiger partial charge in [-0.3, -0.25) is 0 Å². The van der Waals surface area contributed by atoms with E-state index >= 15 is 0 Å². The zero-order valence-corrected chi connectivity index (χ0v) is 17.4. The van der Waals surface area contributed by atoms with Crippen LogP contribution in [0.5, 0.6) is 0 Å². The number of nitrogens with one attached hydrogen (secondary N) is 2. The van der Waals surface area contributed by atoms with Gasteiger partial charge in [0, 0.05) is 22.8 Å². The molecule has 5 rings (SSSR count). The summed E-state index contributed by atoms with van der Waals surface area (Å²) in [6, 6.07) is 10.0. The predicted molar refractivity (Wildman–Crippen MR) is 116 cm³/mol. The minimum absolute atomic E-state index is 0.477. The Bertz CT molecular complexity index is 1030. The Morgan fingerprint density at radius 3 is 2.76 bits per heavy atom. The zero-order valence-electron chi connectivity index (χ0n) is 15.9. The van der Waals surface area contributed by atoms with Gasteiger partial charge in [0.15, 0.2) is 0 Å². The van der Waals surface area contributed by atoms with Crippen molar-refractivity contribution in [2.75, 3.05) is 18.4 Å². The lowest BCUT2D eigenvalue weighted by Gasteiger charge is -2.30. The Morgan fingerprint density at radius 1 is 1.17 bits per heavy atom. The monoisotopic (exact) mass is 427 g/mol. The van der Waals surface area contributed by atoms with E-state index in [1.54, 1.807) is 6.20 Å². The van der Waals surface area contributed by atoms with Crippen molar-refractivity contribution < 1.29 is 5.11 Å². The maximum atomic E-state index is 11.2. The first-order valence-electron chi connectivity index (χ1n) is 9.91. The van der Waals surface area contributed by atoms with Gasteiger partial charge >= 0.3 is 0 Å². The van der Waals surface area contributed by atoms with E-state index < -0.39 is 5.60 Å². The summed E-state index contributed by atoms with van der Waals surface area (Å²) in [4.78, 5) is 14.9. The molecule has 1 aromatic carbocycles. The molecule has 2 aromatic heterocycles. The number of aromatic nitrogens is 3. The third kappa shape index (κ3) is 4.00. The summed E-state index contributed by atoms with van der Waals surface area (Å²) in [7, 11) is 0. The lowest BCUT2D eigenvalue weighted by Crippen LogP contribution is -2.39. The molecular weight excluding hydrogens is 406 g/mol. The van der Waals surface area contributed by atoms with E-state index in [4.69, 9.17) is 21.6 Å². The number of piperidine rings is 1. The molecule has 0 unspecified atom stereocenters. The van der Waals surface area contributed by atoms with Crippen molar-refractivity contribution in [3.8, 4) is 21.8 Å². The Labute approximate surface area is 178 Å². The molecule has 3 N–H and O–H groups in total. The highest BCUT2D eigenvalue weighted by Crippen LogP contribution is 2.42. The molecule has 29 heavy (non-hydrogen) atoms. The second kappa shape index (κ2) is 7.65. The average molecular weight is 428 g/mol. The smallest absolute Gasteiger partial charge is 0.223 e. The van der Waals surface area contributed by atoms with Crippen LogP contribution in [0.15, 0.2) is 36.5 Å². The molecule has 0 bridgehead atoms. The first-order valence-corrected chi connectivity index (χ1v) is 11.1. The number of hydrogen-bond donors (Lipinski definition) is 3. The minimum atomic E-state index is -0.913. The molecule has 3 aromatic rings. The van der Waals surface area contributed by atoms with Crippen molar-refractivity contribution in [3.63, 3.8) is 0 Å². The number of rotatable bonds is 5. The molecule has 150 valence electrons. The van der Waals surface area contributed by atoms with Gasteiger partial charge in [-0.05, 0) is 57.0 Å². The SMILES string of the molecule is OC1(c2nc(-c3cccc(Cl)c3)c(-c3ccnc(NC4CC4)n3)s2)CCNCC1. The third-order valence-corrected chi connectivity index (χ3v) is 6.86. The summed E-state index contributed by atoms with van der Waals surface area (Å²) < 4.78 is 0. The molecule has 3 heterocycles. The minimum Gasteiger partial charge on any atom is -0.383 e. The molecule has 2 aliphatic rings. The van der Waals surface area contributed by atoms with Gasteiger partial charge in [0.05, 0.1) is 16.3 Å². The van der Waals surface area contributed by atoms with Gasteiger partial charge in [-0.15, -0.1) is 11.3 Å². The Kier molecular flexibility index (Phi) is 4.99. The average Bonchev–Trinajstić information content (AvgIpc) is 3.41. The first-order chi connectivity index (χ1) is 14.1. The van der Waals surface area contributed by atoms with Crippen LogP contribution in [0.3, 0.4) is 0 Å². The summed E-state index contributed by atoms with van der Waals surface area (Å²) in [5.74, 6) is 0.637. The molecule has 1 saturated heterocycles. The third-order valence-electron chi connectivity index (χ3n) is 5.35. The van der Waals surface area contributed by atoms with Crippen LogP contribution in [-0.2, 0) is 5.60 Å². The maximum Gasteiger partial charge on any atom is 0.223 e. The number of aliphatic hydroxyl groups is 1. The van der Waals surface area contributed by atoms with Crippen LogP contribution in [0.1, 0.15) is 30.7 Å². The highest BCUT2D eigenvalue weighted by molar-refractivity contribution is 7.15. The predicted octanol–water partition coefficient (Wildman–Crippen LogP) is 4.07. The maximum absolute atomic E-state index is 11.2. The Hall–Kier alpha value is -2.06. The fourth-order valence-corrected chi connectivity index (χ4v) is 4.94. The van der Waals surface area contributed by atoms with Gasteiger partial charge in [0.1, 0.15) is 10.6 Å². The standard InChI is InChI=1S/C21H22ClN5OS/c22-14-3-1-2-13(12-14)17-18(16-6-9-24-20(26-16)25-15-4-5-15)29-19(27-17)21(28)7-10-23-11-8-21/h1-3,6,9,12,15,23,28H,4-5,7-8,10-11H2,(H,24,25,26). The van der Waals surface area contributed by atoms with Crippen LogP contribution in [0.25, 0.3) is 21.8 Å². The topological polar surface area (TPSA) is 83.0 Å². The van der Waals surface area contributed by atoms with Gasteiger partial charge < -0.3 is 15.7 Å². The zero-order chi connectivity index (χ0) is 19.8. The number of anilines is 1. The van der Waals surface area contributed by atoms with E-state index in [-0.39, 0.29) is 0 Å². The summed E-state index contributed by atoms with van der Waals surface area (Å²) in [6.45, 7) is 1.56. The number of nitrogens with zero attached hydrogens (tertiary/aromatic N) is 3. The molecule has 0 atom stereocenters. The number of halogens is 1. The van der Waals surface area contributed by atoms with Crippen molar-refractivity contribution in [2.45, 2.75) is 37.3 Å². The highest BCUT2D eigenvalue weighted by atomic mass is 35.5. The van der Waals surface area contributed by atoms with E-state index in [0.29, 0.717) is 29.9 Å². The Balaban J connectivity index is 1.61.